The molecule has 0 bridgehead atoms. The van der Waals surface area contributed by atoms with Crippen molar-refractivity contribution in [3.63, 3.8) is 0 Å². The zero-order valence-corrected chi connectivity index (χ0v) is 21.5. The summed E-state index contributed by atoms with van der Waals surface area (Å²) in [7, 11) is 1.97. The average molecular weight is 487 g/mol. The van der Waals surface area contributed by atoms with Crippen LogP contribution >= 0.6 is 0 Å². The van der Waals surface area contributed by atoms with Crippen molar-refractivity contribution in [2.45, 2.75) is 58.5 Å². The van der Waals surface area contributed by atoms with E-state index in [1.807, 2.05) is 61.1 Å². The molecule has 2 fully saturated rings. The Labute approximate surface area is 212 Å². The highest BCUT2D eigenvalue weighted by Gasteiger charge is 2.50. The summed E-state index contributed by atoms with van der Waals surface area (Å²) in [4.78, 5) is 28.7. The molecule has 1 N–H and O–H groups in total. The minimum Gasteiger partial charge on any atom is -0.507 e. The number of para-hydroxylation sites is 1. The molecule has 1 saturated heterocycles. The van der Waals surface area contributed by atoms with Gasteiger partial charge in [0.05, 0.1) is 18.2 Å². The number of nitrogens with zero attached hydrogens (tertiary/aromatic N) is 2. The van der Waals surface area contributed by atoms with Crippen molar-refractivity contribution < 1.29 is 19.4 Å². The molecular formula is C30H34N2O4. The van der Waals surface area contributed by atoms with Crippen LogP contribution < -0.4 is 4.74 Å². The Kier molecular flexibility index (Phi) is 6.37. The van der Waals surface area contributed by atoms with Gasteiger partial charge in [-0.3, -0.25) is 9.59 Å². The van der Waals surface area contributed by atoms with Gasteiger partial charge in [-0.15, -0.1) is 0 Å². The van der Waals surface area contributed by atoms with Gasteiger partial charge >= 0.3 is 0 Å². The number of aliphatic hydroxyl groups excluding tert-OH is 1. The van der Waals surface area contributed by atoms with E-state index in [9.17, 15) is 14.7 Å². The second kappa shape index (κ2) is 9.49. The molecule has 2 aromatic carbocycles. The molecule has 0 spiro atoms. The number of aliphatic hydroxyl groups is 1. The maximum absolute atomic E-state index is 13.5. The van der Waals surface area contributed by atoms with Gasteiger partial charge in [0.2, 0.25) is 0 Å². The Morgan fingerprint density at radius 2 is 1.83 bits per heavy atom. The molecule has 0 radical (unpaired) electrons. The van der Waals surface area contributed by atoms with Crippen LogP contribution in [0, 0.1) is 12.8 Å². The number of fused-ring (bicyclic) bond motifs is 1. The summed E-state index contributed by atoms with van der Waals surface area (Å²) in [5.74, 6) is -0.127. The Balaban J connectivity index is 1.65. The molecule has 1 unspecified atom stereocenters. The van der Waals surface area contributed by atoms with Crippen LogP contribution in [0.3, 0.4) is 0 Å². The summed E-state index contributed by atoms with van der Waals surface area (Å²) >= 11 is 0. The first-order valence-corrected chi connectivity index (χ1v) is 12.9. The van der Waals surface area contributed by atoms with E-state index in [-0.39, 0.29) is 17.4 Å². The predicted octanol–water partition coefficient (Wildman–Crippen LogP) is 5.89. The van der Waals surface area contributed by atoms with Gasteiger partial charge < -0.3 is 19.3 Å². The molecule has 1 aromatic heterocycles. The number of hydrogen-bond acceptors (Lipinski definition) is 4. The lowest BCUT2D eigenvalue weighted by molar-refractivity contribution is -0.141. The largest absolute Gasteiger partial charge is 0.507 e. The van der Waals surface area contributed by atoms with Crippen molar-refractivity contribution in [2.24, 2.45) is 13.0 Å². The standard InChI is InChI=1S/C30H34N2O4/c1-18(2)17-36-25-14-13-20(15-19(25)3)28(33)26-27(23-16-31(4)24-12-8-7-11-22(23)24)32(30(35)29(26)34)21-9-5-6-10-21/h7-8,11-16,18,21,27,33H,5-6,9-10,17H2,1-4H3/b28-26+. The van der Waals surface area contributed by atoms with Gasteiger partial charge in [-0.1, -0.05) is 44.9 Å². The number of carbonyl (C=O) groups is 2. The van der Waals surface area contributed by atoms with Gasteiger partial charge in [0.1, 0.15) is 11.5 Å². The number of ether oxygens (including phenoxy) is 1. The highest BCUT2D eigenvalue weighted by molar-refractivity contribution is 6.46. The number of aryl methyl sites for hydroxylation is 2. The molecule has 6 nitrogen and oxygen atoms in total. The molecule has 1 atom stereocenters. The molecule has 2 aliphatic rings. The maximum Gasteiger partial charge on any atom is 0.295 e. The van der Waals surface area contributed by atoms with E-state index in [1.54, 1.807) is 11.0 Å². The molecule has 5 rings (SSSR count). The minimum absolute atomic E-state index is 0.00994. The van der Waals surface area contributed by atoms with Crippen LogP contribution in [-0.4, -0.2) is 38.9 Å². The summed E-state index contributed by atoms with van der Waals surface area (Å²) in [5, 5.41) is 12.5. The van der Waals surface area contributed by atoms with E-state index in [1.165, 1.54) is 0 Å². The van der Waals surface area contributed by atoms with Gasteiger partial charge in [0.25, 0.3) is 11.7 Å². The first-order chi connectivity index (χ1) is 17.3. The van der Waals surface area contributed by atoms with E-state index in [4.69, 9.17) is 4.74 Å². The average Bonchev–Trinajstić information content (AvgIpc) is 3.56. The normalized spacial score (nSPS) is 20.2. The van der Waals surface area contributed by atoms with E-state index in [2.05, 4.69) is 13.8 Å². The SMILES string of the molecule is Cc1cc(/C(O)=C2\C(=O)C(=O)N(C3CCCC3)C2c2cn(C)c3ccccc23)ccc1OCC(C)C. The molecule has 6 heteroatoms. The van der Waals surface area contributed by atoms with Crippen molar-refractivity contribution in [3.05, 3.63) is 70.9 Å². The van der Waals surface area contributed by atoms with Crippen LogP contribution in [0.5, 0.6) is 5.75 Å². The number of benzene rings is 2. The third-order valence-electron chi connectivity index (χ3n) is 7.44. The Morgan fingerprint density at radius 1 is 1.11 bits per heavy atom. The number of hydrogen-bond donors (Lipinski definition) is 1. The predicted molar refractivity (Wildman–Crippen MR) is 141 cm³/mol. The van der Waals surface area contributed by atoms with E-state index in [0.717, 1.165) is 53.5 Å². The zero-order valence-electron chi connectivity index (χ0n) is 21.5. The van der Waals surface area contributed by atoms with Crippen LogP contribution in [0.15, 0.2) is 54.2 Å². The van der Waals surface area contributed by atoms with Crippen LogP contribution in [-0.2, 0) is 16.6 Å². The van der Waals surface area contributed by atoms with E-state index >= 15 is 0 Å². The van der Waals surface area contributed by atoms with Crippen molar-refractivity contribution in [2.75, 3.05) is 6.61 Å². The summed E-state index contributed by atoms with van der Waals surface area (Å²) in [6.45, 7) is 6.70. The maximum atomic E-state index is 13.5. The zero-order chi connectivity index (χ0) is 25.6. The number of aromatic nitrogens is 1. The topological polar surface area (TPSA) is 71.8 Å². The lowest BCUT2D eigenvalue weighted by atomic mass is 9.94. The molecule has 188 valence electrons. The first-order valence-electron chi connectivity index (χ1n) is 12.9. The van der Waals surface area contributed by atoms with Crippen LogP contribution in [0.2, 0.25) is 0 Å². The summed E-state index contributed by atoms with van der Waals surface area (Å²) in [5.41, 5.74) is 3.44. The van der Waals surface area contributed by atoms with Crippen molar-refractivity contribution in [1.29, 1.82) is 0 Å². The fourth-order valence-corrected chi connectivity index (χ4v) is 5.68. The molecule has 1 aliphatic heterocycles. The first kappa shape index (κ1) is 24.2. The molecule has 3 aromatic rings. The lowest BCUT2D eigenvalue weighted by Crippen LogP contribution is -2.37. The molecule has 2 heterocycles. The molecule has 36 heavy (non-hydrogen) atoms. The molecule has 1 saturated carbocycles. The molecular weight excluding hydrogens is 452 g/mol. The smallest absolute Gasteiger partial charge is 0.295 e. The fraction of sp³-hybridized carbons (Fsp3) is 0.400. The number of Topliss-reactive ketones (excluding diaryl/α,β-unsaturated/α-hetero) is 1. The quantitative estimate of drug-likeness (QED) is 0.268. The number of likely N-dealkylation sites (tertiary alicyclic amines) is 1. The van der Waals surface area contributed by atoms with E-state index < -0.39 is 17.7 Å². The van der Waals surface area contributed by atoms with Crippen molar-refractivity contribution in [3.8, 4) is 5.75 Å². The van der Waals surface area contributed by atoms with Crippen LogP contribution in [0.25, 0.3) is 16.7 Å². The van der Waals surface area contributed by atoms with Crippen molar-refractivity contribution >= 4 is 28.4 Å². The highest BCUT2D eigenvalue weighted by atomic mass is 16.5. The number of ketones is 1. The van der Waals surface area contributed by atoms with Crippen molar-refractivity contribution in [1.82, 2.24) is 9.47 Å². The Morgan fingerprint density at radius 3 is 2.53 bits per heavy atom. The third kappa shape index (κ3) is 4.08. The Bertz CT molecular complexity index is 1360. The van der Waals surface area contributed by atoms with Gasteiger partial charge in [-0.05, 0) is 55.5 Å². The number of amides is 1. The second-order valence-corrected chi connectivity index (χ2v) is 10.5. The van der Waals surface area contributed by atoms with Gasteiger partial charge in [-0.25, -0.2) is 0 Å². The third-order valence-corrected chi connectivity index (χ3v) is 7.44. The van der Waals surface area contributed by atoms with Crippen LogP contribution in [0.4, 0.5) is 0 Å². The summed E-state index contributed by atoms with van der Waals surface area (Å²) in [6, 6.07) is 12.8. The van der Waals surface area contributed by atoms with Gasteiger partial charge in [0, 0.05) is 41.3 Å². The number of rotatable bonds is 6. The minimum atomic E-state index is -0.628. The lowest BCUT2D eigenvalue weighted by Gasteiger charge is -2.30. The second-order valence-electron chi connectivity index (χ2n) is 10.5. The van der Waals surface area contributed by atoms with Gasteiger partial charge in [0.15, 0.2) is 0 Å². The molecule has 1 amide bonds. The van der Waals surface area contributed by atoms with Gasteiger partial charge in [-0.2, -0.15) is 0 Å². The Hall–Kier alpha value is -3.54. The molecule has 1 aliphatic carbocycles. The van der Waals surface area contributed by atoms with Crippen LogP contribution in [0.1, 0.15) is 62.3 Å². The monoisotopic (exact) mass is 486 g/mol. The van der Waals surface area contributed by atoms with E-state index in [0.29, 0.717) is 18.1 Å². The summed E-state index contributed by atoms with van der Waals surface area (Å²) in [6.07, 6.45) is 5.80. The highest BCUT2D eigenvalue weighted by Crippen LogP contribution is 2.45. The fourth-order valence-electron chi connectivity index (χ4n) is 5.68. The summed E-state index contributed by atoms with van der Waals surface area (Å²) < 4.78 is 7.91. The number of carbonyl (C=O) groups excluding carboxylic acids is 2.